The van der Waals surface area contributed by atoms with Gasteiger partial charge in [-0.25, -0.2) is 8.78 Å². The molecule has 0 saturated carbocycles. The second-order valence-electron chi connectivity index (χ2n) is 2.50. The van der Waals surface area contributed by atoms with Gasteiger partial charge in [0, 0.05) is 0 Å². The van der Waals surface area contributed by atoms with Crippen molar-refractivity contribution >= 4 is 11.6 Å². The molecule has 0 fully saturated rings. The topological polar surface area (TPSA) is 106 Å². The van der Waals surface area contributed by atoms with E-state index in [1.807, 2.05) is 0 Å². The highest BCUT2D eigenvalue weighted by molar-refractivity contribution is 5.54. The number of halogens is 2. The minimum atomic E-state index is -2.99. The van der Waals surface area contributed by atoms with Gasteiger partial charge in [-0.3, -0.25) is 0 Å². The molecule has 2 N–H and O–H groups in total. The van der Waals surface area contributed by atoms with E-state index in [0.29, 0.717) is 6.07 Å². The summed E-state index contributed by atoms with van der Waals surface area (Å²) in [5, 5.41) is 18.8. The summed E-state index contributed by atoms with van der Waals surface area (Å²) >= 11 is 0. The average Bonchev–Trinajstić information content (AvgIpc) is 2.15. The molecule has 0 aliphatic rings. The summed E-state index contributed by atoms with van der Waals surface area (Å²) in [6.45, 7) is 0. The summed E-state index contributed by atoms with van der Waals surface area (Å²) < 4.78 is 24.7. The third-order valence-corrected chi connectivity index (χ3v) is 1.60. The molecule has 0 aliphatic carbocycles. The second-order valence-corrected chi connectivity index (χ2v) is 2.50. The van der Waals surface area contributed by atoms with Crippen LogP contribution in [0.3, 0.4) is 0 Å². The van der Waals surface area contributed by atoms with E-state index in [1.54, 1.807) is 0 Å². The quantitative estimate of drug-likeness (QED) is 0.591. The van der Waals surface area contributed by atoms with Crippen LogP contribution in [0.25, 0.3) is 0 Å². The first-order chi connectivity index (χ1) is 6.97. The molecule has 0 atom stereocenters. The number of hydrogen-bond donors (Lipinski definition) is 1. The van der Waals surface area contributed by atoms with Crippen molar-refractivity contribution in [2.75, 3.05) is 5.73 Å². The van der Waals surface area contributed by atoms with E-state index in [0.717, 1.165) is 0 Å². The summed E-state index contributed by atoms with van der Waals surface area (Å²) in [5.41, 5.74) is 3.78. The minimum absolute atomic E-state index is 0.538. The van der Waals surface area contributed by atoms with Crippen LogP contribution in [0, 0.1) is 21.4 Å². The maximum atomic E-state index is 12.4. The van der Waals surface area contributed by atoms with Crippen LogP contribution < -0.4 is 5.73 Å². The zero-order valence-electron chi connectivity index (χ0n) is 7.15. The molecule has 0 saturated heterocycles. The SMILES string of the molecule is N#Cc1cc([N+](=O)[O-])nc(N)c1C(F)F. The van der Waals surface area contributed by atoms with Gasteiger partial charge in [0.1, 0.15) is 11.6 Å². The lowest BCUT2D eigenvalue weighted by Crippen LogP contribution is -2.04. The molecule has 0 aliphatic heterocycles. The van der Waals surface area contributed by atoms with Crippen molar-refractivity contribution in [2.24, 2.45) is 0 Å². The van der Waals surface area contributed by atoms with Crippen molar-refractivity contribution < 1.29 is 13.7 Å². The molecule has 6 nitrogen and oxygen atoms in total. The molecule has 1 rings (SSSR count). The van der Waals surface area contributed by atoms with Gasteiger partial charge in [0.05, 0.1) is 11.6 Å². The Morgan fingerprint density at radius 3 is 2.67 bits per heavy atom. The summed E-state index contributed by atoms with van der Waals surface area (Å²) in [4.78, 5) is 12.5. The minimum Gasteiger partial charge on any atom is -0.362 e. The molecule has 0 unspecified atom stereocenters. The van der Waals surface area contributed by atoms with Crippen molar-refractivity contribution in [3.05, 3.63) is 27.3 Å². The Morgan fingerprint density at radius 1 is 1.67 bits per heavy atom. The number of nitro groups is 1. The first kappa shape index (κ1) is 10.8. The average molecular weight is 214 g/mol. The molecule has 0 aromatic carbocycles. The number of alkyl halides is 2. The van der Waals surface area contributed by atoms with Crippen molar-refractivity contribution in [3.63, 3.8) is 0 Å². The number of nitriles is 1. The van der Waals surface area contributed by atoms with E-state index in [2.05, 4.69) is 4.98 Å². The normalized spacial score (nSPS) is 10.0. The third-order valence-electron chi connectivity index (χ3n) is 1.60. The number of rotatable bonds is 2. The second kappa shape index (κ2) is 3.83. The maximum Gasteiger partial charge on any atom is 0.367 e. The van der Waals surface area contributed by atoms with Crippen LogP contribution in [0.5, 0.6) is 0 Å². The molecule has 8 heteroatoms. The van der Waals surface area contributed by atoms with Crippen LogP contribution in [0.2, 0.25) is 0 Å². The van der Waals surface area contributed by atoms with E-state index in [9.17, 15) is 18.9 Å². The van der Waals surface area contributed by atoms with Crippen LogP contribution in [-0.4, -0.2) is 9.91 Å². The van der Waals surface area contributed by atoms with E-state index >= 15 is 0 Å². The number of anilines is 1. The molecule has 0 amide bonds. The van der Waals surface area contributed by atoms with E-state index < -0.39 is 34.1 Å². The van der Waals surface area contributed by atoms with Gasteiger partial charge in [0.15, 0.2) is 0 Å². The van der Waals surface area contributed by atoms with Gasteiger partial charge < -0.3 is 15.8 Å². The monoisotopic (exact) mass is 214 g/mol. The Labute approximate surface area is 82.1 Å². The summed E-state index contributed by atoms with van der Waals surface area (Å²) in [7, 11) is 0. The lowest BCUT2D eigenvalue weighted by Gasteiger charge is -2.02. The van der Waals surface area contributed by atoms with Crippen molar-refractivity contribution in [2.45, 2.75) is 6.43 Å². The number of hydrogen-bond acceptors (Lipinski definition) is 5. The molecule has 15 heavy (non-hydrogen) atoms. The van der Waals surface area contributed by atoms with Crippen LogP contribution in [0.4, 0.5) is 20.4 Å². The Bertz CT molecular complexity index is 455. The van der Waals surface area contributed by atoms with Gasteiger partial charge in [-0.2, -0.15) is 5.26 Å². The fraction of sp³-hybridized carbons (Fsp3) is 0.143. The highest BCUT2D eigenvalue weighted by Crippen LogP contribution is 2.29. The fourth-order valence-electron chi connectivity index (χ4n) is 0.976. The Kier molecular flexibility index (Phi) is 2.75. The predicted molar refractivity (Wildman–Crippen MR) is 45.0 cm³/mol. The number of nitrogen functional groups attached to an aromatic ring is 1. The molecule has 0 bridgehead atoms. The summed E-state index contributed by atoms with van der Waals surface area (Å²) in [6, 6.07) is 2.07. The zero-order valence-corrected chi connectivity index (χ0v) is 7.15. The largest absolute Gasteiger partial charge is 0.367 e. The van der Waals surface area contributed by atoms with Crippen molar-refractivity contribution in [1.82, 2.24) is 4.98 Å². The van der Waals surface area contributed by atoms with Crippen molar-refractivity contribution in [1.29, 1.82) is 5.26 Å². The third kappa shape index (κ3) is 1.96. The number of nitrogens with two attached hydrogens (primary N) is 1. The maximum absolute atomic E-state index is 12.4. The Balaban J connectivity index is 3.46. The molecule has 0 spiro atoms. The van der Waals surface area contributed by atoms with Gasteiger partial charge >= 0.3 is 5.82 Å². The van der Waals surface area contributed by atoms with Gasteiger partial charge in [0.25, 0.3) is 6.43 Å². The van der Waals surface area contributed by atoms with Crippen LogP contribution in [0.1, 0.15) is 17.6 Å². The first-order valence-corrected chi connectivity index (χ1v) is 3.60. The standard InChI is InChI=1S/C7H4F2N4O2/c8-6(9)5-3(2-10)1-4(13(14)15)12-7(5)11/h1,6H,(H2,11,12). The molecule has 1 heterocycles. The smallest absolute Gasteiger partial charge is 0.362 e. The van der Waals surface area contributed by atoms with Crippen LogP contribution in [-0.2, 0) is 0 Å². The highest BCUT2D eigenvalue weighted by atomic mass is 19.3. The van der Waals surface area contributed by atoms with Crippen LogP contribution >= 0.6 is 0 Å². The lowest BCUT2D eigenvalue weighted by atomic mass is 10.1. The summed E-state index contributed by atoms with van der Waals surface area (Å²) in [5.74, 6) is -1.43. The van der Waals surface area contributed by atoms with Gasteiger partial charge in [-0.1, -0.05) is 0 Å². The Hall–Kier alpha value is -2.30. The molecular weight excluding hydrogens is 210 g/mol. The first-order valence-electron chi connectivity index (χ1n) is 3.60. The van der Waals surface area contributed by atoms with Crippen molar-refractivity contribution in [3.8, 4) is 6.07 Å². The van der Waals surface area contributed by atoms with Gasteiger partial charge in [0.2, 0.25) is 5.82 Å². The molecule has 78 valence electrons. The highest BCUT2D eigenvalue weighted by Gasteiger charge is 2.24. The van der Waals surface area contributed by atoms with Gasteiger partial charge in [-0.05, 0) is 9.91 Å². The zero-order chi connectivity index (χ0) is 11.6. The molecule has 1 aromatic rings. The van der Waals surface area contributed by atoms with Crippen LogP contribution in [0.15, 0.2) is 6.07 Å². The lowest BCUT2D eigenvalue weighted by molar-refractivity contribution is -0.389. The van der Waals surface area contributed by atoms with Gasteiger partial charge in [-0.15, -0.1) is 0 Å². The Morgan fingerprint density at radius 2 is 2.27 bits per heavy atom. The van der Waals surface area contributed by atoms with E-state index in [-0.39, 0.29) is 0 Å². The van der Waals surface area contributed by atoms with E-state index in [4.69, 9.17) is 11.0 Å². The molecular formula is C7H4F2N4O2. The predicted octanol–water partition coefficient (Wildman–Crippen LogP) is 1.38. The number of aromatic nitrogens is 1. The number of nitrogens with zero attached hydrogens (tertiary/aromatic N) is 3. The molecule has 1 aromatic heterocycles. The number of pyridine rings is 1. The summed E-state index contributed by atoms with van der Waals surface area (Å²) in [6.07, 6.45) is -2.99. The molecule has 0 radical (unpaired) electrons. The van der Waals surface area contributed by atoms with E-state index in [1.165, 1.54) is 6.07 Å². The fourth-order valence-corrected chi connectivity index (χ4v) is 0.976.